The molecule has 0 spiro atoms. The van der Waals surface area contributed by atoms with E-state index < -0.39 is 0 Å². The zero-order valence-electron chi connectivity index (χ0n) is 11.1. The third kappa shape index (κ3) is 2.19. The lowest BCUT2D eigenvalue weighted by molar-refractivity contribution is -0.0367. The Morgan fingerprint density at radius 1 is 1.45 bits per heavy atom. The van der Waals surface area contributed by atoms with E-state index in [1.54, 1.807) is 4.68 Å². The van der Waals surface area contributed by atoms with Crippen LogP contribution in [0.5, 0.6) is 0 Å². The number of carbonyl (C=O) groups is 1. The zero-order valence-corrected chi connectivity index (χ0v) is 11.1. The number of rotatable bonds is 3. The van der Waals surface area contributed by atoms with Gasteiger partial charge in [-0.2, -0.15) is 10.4 Å². The smallest absolute Gasteiger partial charge is 0.197 e. The van der Waals surface area contributed by atoms with Crippen LogP contribution in [-0.2, 0) is 4.74 Å². The van der Waals surface area contributed by atoms with Crippen molar-refractivity contribution < 1.29 is 9.53 Å². The van der Waals surface area contributed by atoms with Gasteiger partial charge in [-0.3, -0.25) is 4.79 Å². The molecule has 0 amide bonds. The number of hydrogen-bond donors (Lipinski definition) is 0. The Bertz CT molecular complexity index is 678. The summed E-state index contributed by atoms with van der Waals surface area (Å²) in [6.07, 6.45) is 2.80. The summed E-state index contributed by atoms with van der Waals surface area (Å²) in [6.45, 7) is 0.723. The SMILES string of the molecule is N#CCC(=O)c1nn(C2CCCCO2)c2ccccc12. The molecule has 20 heavy (non-hydrogen) atoms. The molecule has 0 aliphatic carbocycles. The molecule has 1 aliphatic heterocycles. The van der Waals surface area contributed by atoms with Crippen molar-refractivity contribution in [3.63, 3.8) is 0 Å². The summed E-state index contributed by atoms with van der Waals surface area (Å²) >= 11 is 0. The van der Waals surface area contributed by atoms with Crippen molar-refractivity contribution in [1.29, 1.82) is 5.26 Å². The number of carbonyl (C=O) groups excluding carboxylic acids is 1. The fourth-order valence-corrected chi connectivity index (χ4v) is 2.59. The first-order valence-electron chi connectivity index (χ1n) is 6.80. The summed E-state index contributed by atoms with van der Waals surface area (Å²) < 4.78 is 7.54. The molecular formula is C15H15N3O2. The summed E-state index contributed by atoms with van der Waals surface area (Å²) in [5.41, 5.74) is 1.26. The maximum atomic E-state index is 12.0. The monoisotopic (exact) mass is 269 g/mol. The van der Waals surface area contributed by atoms with Gasteiger partial charge in [0.15, 0.2) is 12.0 Å². The highest BCUT2D eigenvalue weighted by Gasteiger charge is 2.23. The highest BCUT2D eigenvalue weighted by Crippen LogP contribution is 2.28. The summed E-state index contributed by atoms with van der Waals surface area (Å²) in [5, 5.41) is 13.9. The van der Waals surface area contributed by atoms with Crippen molar-refractivity contribution in [2.75, 3.05) is 6.61 Å². The number of ketones is 1. The predicted molar refractivity (Wildman–Crippen MR) is 73.1 cm³/mol. The predicted octanol–water partition coefficient (Wildman–Crippen LogP) is 2.83. The second-order valence-corrected chi connectivity index (χ2v) is 4.89. The minimum Gasteiger partial charge on any atom is -0.356 e. The Morgan fingerprint density at radius 2 is 2.30 bits per heavy atom. The molecule has 1 aromatic heterocycles. The first-order chi connectivity index (χ1) is 9.81. The van der Waals surface area contributed by atoms with E-state index in [0.29, 0.717) is 5.69 Å². The summed E-state index contributed by atoms with van der Waals surface area (Å²) in [4.78, 5) is 12.0. The van der Waals surface area contributed by atoms with Gasteiger partial charge in [-0.1, -0.05) is 18.2 Å². The molecule has 3 rings (SSSR count). The minimum absolute atomic E-state index is 0.114. The van der Waals surface area contributed by atoms with E-state index in [1.165, 1.54) is 0 Å². The molecule has 1 fully saturated rings. The third-order valence-corrected chi connectivity index (χ3v) is 3.55. The van der Waals surface area contributed by atoms with Gasteiger partial charge in [0.25, 0.3) is 0 Å². The number of para-hydroxylation sites is 1. The van der Waals surface area contributed by atoms with E-state index in [0.717, 1.165) is 36.8 Å². The van der Waals surface area contributed by atoms with Crippen LogP contribution in [0.1, 0.15) is 42.4 Å². The van der Waals surface area contributed by atoms with Gasteiger partial charge in [0.1, 0.15) is 12.1 Å². The zero-order chi connectivity index (χ0) is 13.9. The van der Waals surface area contributed by atoms with Gasteiger partial charge in [-0.15, -0.1) is 0 Å². The Morgan fingerprint density at radius 3 is 3.05 bits per heavy atom. The van der Waals surface area contributed by atoms with Gasteiger partial charge >= 0.3 is 0 Å². The summed E-state index contributed by atoms with van der Waals surface area (Å²) in [7, 11) is 0. The first kappa shape index (κ1) is 12.8. The molecule has 0 bridgehead atoms. The highest BCUT2D eigenvalue weighted by atomic mass is 16.5. The Hall–Kier alpha value is -2.19. The van der Waals surface area contributed by atoms with Gasteiger partial charge in [0, 0.05) is 12.0 Å². The fourth-order valence-electron chi connectivity index (χ4n) is 2.59. The number of Topliss-reactive ketones (excluding diaryl/α,β-unsaturated/α-hetero) is 1. The van der Waals surface area contributed by atoms with Crippen LogP contribution in [-0.4, -0.2) is 22.2 Å². The van der Waals surface area contributed by atoms with Crippen molar-refractivity contribution in [2.45, 2.75) is 31.9 Å². The average molecular weight is 269 g/mol. The molecule has 1 saturated heterocycles. The van der Waals surface area contributed by atoms with E-state index in [-0.39, 0.29) is 18.4 Å². The largest absolute Gasteiger partial charge is 0.356 e. The number of benzene rings is 1. The molecule has 1 atom stereocenters. The number of aromatic nitrogens is 2. The molecule has 5 heteroatoms. The summed E-state index contributed by atoms with van der Waals surface area (Å²) in [5.74, 6) is -0.238. The highest BCUT2D eigenvalue weighted by molar-refractivity contribution is 6.06. The lowest BCUT2D eigenvalue weighted by Crippen LogP contribution is -2.19. The number of nitrogens with zero attached hydrogens (tertiary/aromatic N) is 3. The topological polar surface area (TPSA) is 67.9 Å². The van der Waals surface area contributed by atoms with Gasteiger partial charge in [0.05, 0.1) is 11.6 Å². The maximum absolute atomic E-state index is 12.0. The van der Waals surface area contributed by atoms with Crippen LogP contribution in [0.15, 0.2) is 24.3 Å². The van der Waals surface area contributed by atoms with Crippen LogP contribution >= 0.6 is 0 Å². The molecule has 1 aromatic carbocycles. The lowest BCUT2D eigenvalue weighted by atomic mass is 10.1. The Labute approximate surface area is 116 Å². The molecule has 0 saturated carbocycles. The van der Waals surface area contributed by atoms with Crippen LogP contribution in [0.2, 0.25) is 0 Å². The molecule has 2 heterocycles. The van der Waals surface area contributed by atoms with Crippen LogP contribution in [0.25, 0.3) is 10.9 Å². The summed E-state index contributed by atoms with van der Waals surface area (Å²) in [6, 6.07) is 9.48. The van der Waals surface area contributed by atoms with E-state index in [9.17, 15) is 4.79 Å². The van der Waals surface area contributed by atoms with Gasteiger partial charge < -0.3 is 4.74 Å². The molecule has 2 aromatic rings. The quantitative estimate of drug-likeness (QED) is 0.803. The minimum atomic E-state index is -0.238. The van der Waals surface area contributed by atoms with Crippen LogP contribution in [0.4, 0.5) is 0 Å². The van der Waals surface area contributed by atoms with Crippen molar-refractivity contribution in [3.05, 3.63) is 30.0 Å². The number of nitriles is 1. The second-order valence-electron chi connectivity index (χ2n) is 4.89. The van der Waals surface area contributed by atoms with E-state index in [4.69, 9.17) is 10.00 Å². The van der Waals surface area contributed by atoms with Gasteiger partial charge in [-0.05, 0) is 25.3 Å². The first-order valence-corrected chi connectivity index (χ1v) is 6.80. The van der Waals surface area contributed by atoms with Crippen molar-refractivity contribution in [3.8, 4) is 6.07 Å². The molecule has 0 N–H and O–H groups in total. The normalized spacial score (nSPS) is 18.9. The van der Waals surface area contributed by atoms with Gasteiger partial charge in [0.2, 0.25) is 0 Å². The third-order valence-electron chi connectivity index (χ3n) is 3.55. The lowest BCUT2D eigenvalue weighted by Gasteiger charge is -2.23. The molecule has 0 radical (unpaired) electrons. The number of hydrogen-bond acceptors (Lipinski definition) is 4. The molecule has 5 nitrogen and oxygen atoms in total. The van der Waals surface area contributed by atoms with Crippen LogP contribution in [0, 0.1) is 11.3 Å². The molecule has 102 valence electrons. The Balaban J connectivity index is 2.08. The van der Waals surface area contributed by atoms with E-state index in [1.807, 2.05) is 30.3 Å². The van der Waals surface area contributed by atoms with Crippen LogP contribution in [0.3, 0.4) is 0 Å². The molecule has 1 unspecified atom stereocenters. The second kappa shape index (κ2) is 5.43. The number of fused-ring (bicyclic) bond motifs is 1. The van der Waals surface area contributed by atoms with Crippen molar-refractivity contribution >= 4 is 16.7 Å². The maximum Gasteiger partial charge on any atom is 0.197 e. The van der Waals surface area contributed by atoms with E-state index >= 15 is 0 Å². The van der Waals surface area contributed by atoms with Crippen molar-refractivity contribution in [2.24, 2.45) is 0 Å². The van der Waals surface area contributed by atoms with Crippen LogP contribution < -0.4 is 0 Å². The van der Waals surface area contributed by atoms with Crippen molar-refractivity contribution in [1.82, 2.24) is 9.78 Å². The standard InChI is InChI=1S/C15H15N3O2/c16-9-8-13(19)15-11-5-1-2-6-12(11)18(17-15)14-7-3-4-10-20-14/h1-2,5-6,14H,3-4,7-8,10H2. The van der Waals surface area contributed by atoms with E-state index in [2.05, 4.69) is 5.10 Å². The molecular weight excluding hydrogens is 254 g/mol. The molecule has 1 aliphatic rings. The average Bonchev–Trinajstić information content (AvgIpc) is 2.88. The van der Waals surface area contributed by atoms with Gasteiger partial charge in [-0.25, -0.2) is 4.68 Å². The fraction of sp³-hybridized carbons (Fsp3) is 0.400. The Kier molecular flexibility index (Phi) is 3.48. The number of ether oxygens (including phenoxy) is 1.